The number of rotatable bonds is 9. The molecule has 1 atom stereocenters. The highest BCUT2D eigenvalue weighted by Crippen LogP contribution is 2.14. The monoisotopic (exact) mass is 510 g/mol. The Labute approximate surface area is 190 Å². The summed E-state index contributed by atoms with van der Waals surface area (Å²) in [7, 11) is 0. The molecule has 0 aliphatic rings. The SMILES string of the molecule is CCNC(=O)c1ccc(CN=C(NCC)NCCC(O)c2ccccc2)cc1.I. The lowest BCUT2D eigenvalue weighted by Gasteiger charge is -2.14. The molecule has 0 fully saturated rings. The van der Waals surface area contributed by atoms with Crippen LogP contribution >= 0.6 is 24.0 Å². The number of guanidine groups is 1. The van der Waals surface area contributed by atoms with Crippen molar-refractivity contribution in [3.8, 4) is 0 Å². The second-order valence-corrected chi connectivity index (χ2v) is 6.39. The van der Waals surface area contributed by atoms with E-state index < -0.39 is 6.10 Å². The first kappa shape index (κ1) is 24.9. The summed E-state index contributed by atoms with van der Waals surface area (Å²) in [6.07, 6.45) is 0.0914. The fraction of sp³-hybridized carbons (Fsp3) is 0.364. The average molecular weight is 510 g/mol. The number of halogens is 1. The summed E-state index contributed by atoms with van der Waals surface area (Å²) in [5, 5.41) is 19.5. The molecular formula is C22H31IN4O2. The molecule has 158 valence electrons. The van der Waals surface area contributed by atoms with Crippen molar-refractivity contribution in [3.05, 3.63) is 71.3 Å². The van der Waals surface area contributed by atoms with E-state index in [0.29, 0.717) is 37.6 Å². The number of carbonyl (C=O) groups is 1. The Morgan fingerprint density at radius 3 is 2.24 bits per heavy atom. The van der Waals surface area contributed by atoms with Gasteiger partial charge in [-0.05, 0) is 43.5 Å². The molecule has 2 aromatic carbocycles. The van der Waals surface area contributed by atoms with Crippen molar-refractivity contribution < 1.29 is 9.90 Å². The predicted octanol–water partition coefficient (Wildman–Crippen LogP) is 3.23. The van der Waals surface area contributed by atoms with Gasteiger partial charge in [-0.25, -0.2) is 4.99 Å². The normalized spacial score (nSPS) is 11.9. The minimum atomic E-state index is -0.501. The Morgan fingerprint density at radius 2 is 1.62 bits per heavy atom. The summed E-state index contributed by atoms with van der Waals surface area (Å²) in [6.45, 7) is 6.39. The van der Waals surface area contributed by atoms with Gasteiger partial charge in [0.1, 0.15) is 0 Å². The lowest BCUT2D eigenvalue weighted by atomic mass is 10.1. The van der Waals surface area contributed by atoms with Crippen molar-refractivity contribution in [2.75, 3.05) is 19.6 Å². The fourth-order valence-electron chi connectivity index (χ4n) is 2.71. The molecule has 0 saturated heterocycles. The van der Waals surface area contributed by atoms with E-state index in [1.54, 1.807) is 0 Å². The van der Waals surface area contributed by atoms with E-state index in [2.05, 4.69) is 20.9 Å². The van der Waals surface area contributed by atoms with Crippen LogP contribution in [-0.4, -0.2) is 36.6 Å². The summed E-state index contributed by atoms with van der Waals surface area (Å²) >= 11 is 0. The van der Waals surface area contributed by atoms with Gasteiger partial charge in [-0.2, -0.15) is 0 Å². The highest BCUT2D eigenvalue weighted by atomic mass is 127. The van der Waals surface area contributed by atoms with Crippen LogP contribution in [0.4, 0.5) is 0 Å². The molecule has 2 aromatic rings. The Hall–Kier alpha value is -2.13. The van der Waals surface area contributed by atoms with Crippen LogP contribution in [0.2, 0.25) is 0 Å². The molecule has 0 aliphatic heterocycles. The third-order valence-electron chi connectivity index (χ3n) is 4.21. The van der Waals surface area contributed by atoms with E-state index in [0.717, 1.165) is 17.7 Å². The van der Waals surface area contributed by atoms with Crippen molar-refractivity contribution in [2.24, 2.45) is 4.99 Å². The molecule has 0 spiro atoms. The second-order valence-electron chi connectivity index (χ2n) is 6.39. The molecule has 4 N–H and O–H groups in total. The molecule has 29 heavy (non-hydrogen) atoms. The standard InChI is InChI=1S/C22H30N4O2.HI/c1-3-23-21(28)19-12-10-17(11-13-19)16-26-22(24-4-2)25-15-14-20(27)18-8-6-5-7-9-18;/h5-13,20,27H,3-4,14-16H2,1-2H3,(H,23,28)(H2,24,25,26);1H. The lowest BCUT2D eigenvalue weighted by molar-refractivity contribution is 0.0956. The lowest BCUT2D eigenvalue weighted by Crippen LogP contribution is -2.38. The molecule has 1 unspecified atom stereocenters. The first-order valence-electron chi connectivity index (χ1n) is 9.76. The van der Waals surface area contributed by atoms with Gasteiger partial charge in [-0.1, -0.05) is 42.5 Å². The van der Waals surface area contributed by atoms with Gasteiger partial charge in [0.2, 0.25) is 0 Å². The minimum absolute atomic E-state index is 0. The molecule has 0 heterocycles. The van der Waals surface area contributed by atoms with E-state index in [1.165, 1.54) is 0 Å². The van der Waals surface area contributed by atoms with Gasteiger partial charge in [0.25, 0.3) is 5.91 Å². The number of amides is 1. The topological polar surface area (TPSA) is 85.8 Å². The number of aliphatic imine (C=N–C) groups is 1. The Balaban J connectivity index is 0.00000420. The number of aliphatic hydroxyl groups excluding tert-OH is 1. The molecule has 7 heteroatoms. The maximum Gasteiger partial charge on any atom is 0.251 e. The van der Waals surface area contributed by atoms with E-state index in [9.17, 15) is 9.90 Å². The third kappa shape index (κ3) is 8.82. The van der Waals surface area contributed by atoms with Crippen molar-refractivity contribution in [1.82, 2.24) is 16.0 Å². The zero-order valence-corrected chi connectivity index (χ0v) is 19.4. The number of benzene rings is 2. The van der Waals surface area contributed by atoms with Gasteiger partial charge in [-0.15, -0.1) is 24.0 Å². The zero-order chi connectivity index (χ0) is 20.2. The van der Waals surface area contributed by atoms with Gasteiger partial charge < -0.3 is 21.1 Å². The summed E-state index contributed by atoms with van der Waals surface area (Å²) in [4.78, 5) is 16.4. The summed E-state index contributed by atoms with van der Waals surface area (Å²) in [6, 6.07) is 17.1. The van der Waals surface area contributed by atoms with Crippen LogP contribution in [0.15, 0.2) is 59.6 Å². The van der Waals surface area contributed by atoms with Gasteiger partial charge in [0, 0.05) is 25.2 Å². The Kier molecular flexibility index (Phi) is 12.0. The van der Waals surface area contributed by atoms with Crippen molar-refractivity contribution in [1.29, 1.82) is 0 Å². The van der Waals surface area contributed by atoms with Crippen LogP contribution in [0, 0.1) is 0 Å². The van der Waals surface area contributed by atoms with Crippen LogP contribution in [0.5, 0.6) is 0 Å². The number of hydrogen-bond donors (Lipinski definition) is 4. The summed E-state index contributed by atoms with van der Waals surface area (Å²) < 4.78 is 0. The smallest absolute Gasteiger partial charge is 0.251 e. The third-order valence-corrected chi connectivity index (χ3v) is 4.21. The van der Waals surface area contributed by atoms with Crippen LogP contribution in [0.1, 0.15) is 47.9 Å². The fourth-order valence-corrected chi connectivity index (χ4v) is 2.71. The quantitative estimate of drug-likeness (QED) is 0.237. The van der Waals surface area contributed by atoms with Crippen LogP contribution in [0.3, 0.4) is 0 Å². The molecular weight excluding hydrogens is 479 g/mol. The predicted molar refractivity (Wildman–Crippen MR) is 129 cm³/mol. The highest BCUT2D eigenvalue weighted by Gasteiger charge is 2.07. The first-order chi connectivity index (χ1) is 13.6. The maximum absolute atomic E-state index is 11.8. The molecule has 0 saturated carbocycles. The summed E-state index contributed by atoms with van der Waals surface area (Å²) in [5.74, 6) is 0.639. The van der Waals surface area contributed by atoms with Gasteiger partial charge in [-0.3, -0.25) is 4.79 Å². The van der Waals surface area contributed by atoms with Crippen LogP contribution < -0.4 is 16.0 Å². The Bertz CT molecular complexity index is 751. The molecule has 1 amide bonds. The number of aliphatic hydroxyl groups is 1. The second kappa shape index (κ2) is 13.9. The summed E-state index contributed by atoms with van der Waals surface area (Å²) in [5.41, 5.74) is 2.59. The van der Waals surface area contributed by atoms with Crippen molar-refractivity contribution in [3.63, 3.8) is 0 Å². The minimum Gasteiger partial charge on any atom is -0.388 e. The van der Waals surface area contributed by atoms with Crippen molar-refractivity contribution >= 4 is 35.8 Å². The molecule has 0 aliphatic carbocycles. The maximum atomic E-state index is 11.8. The largest absolute Gasteiger partial charge is 0.388 e. The van der Waals surface area contributed by atoms with Gasteiger partial charge in [0.15, 0.2) is 5.96 Å². The Morgan fingerprint density at radius 1 is 0.966 bits per heavy atom. The van der Waals surface area contributed by atoms with Crippen LogP contribution in [0.25, 0.3) is 0 Å². The molecule has 0 bridgehead atoms. The van der Waals surface area contributed by atoms with E-state index in [4.69, 9.17) is 0 Å². The molecule has 0 radical (unpaired) electrons. The number of carbonyl (C=O) groups excluding carboxylic acids is 1. The zero-order valence-electron chi connectivity index (χ0n) is 17.0. The molecule has 6 nitrogen and oxygen atoms in total. The van der Waals surface area contributed by atoms with Gasteiger partial charge >= 0.3 is 0 Å². The van der Waals surface area contributed by atoms with Gasteiger partial charge in [0.05, 0.1) is 12.6 Å². The van der Waals surface area contributed by atoms with Crippen molar-refractivity contribution in [2.45, 2.75) is 32.9 Å². The molecule has 0 aromatic heterocycles. The number of nitrogens with one attached hydrogen (secondary N) is 3. The number of nitrogens with zero attached hydrogens (tertiary/aromatic N) is 1. The van der Waals surface area contributed by atoms with E-state index >= 15 is 0 Å². The average Bonchev–Trinajstić information content (AvgIpc) is 2.73. The molecule has 2 rings (SSSR count). The highest BCUT2D eigenvalue weighted by molar-refractivity contribution is 14.0. The van der Waals surface area contributed by atoms with E-state index in [-0.39, 0.29) is 29.9 Å². The first-order valence-corrected chi connectivity index (χ1v) is 9.76. The van der Waals surface area contributed by atoms with Crippen LogP contribution in [-0.2, 0) is 6.54 Å². The number of hydrogen-bond acceptors (Lipinski definition) is 3. The van der Waals surface area contributed by atoms with E-state index in [1.807, 2.05) is 68.4 Å².